The number of rotatable bonds is 4. The molecule has 0 bridgehead atoms. The average Bonchev–Trinajstić information content (AvgIpc) is 2.99. The standard InChI is InChI=1S/C14H21N3O3/c1-11(17-10-6-9-15-17)12(18)16(2)14(13(19)20)7-4-3-5-8-14/h6,9-11H,3-5,7-8H2,1-2H3,(H,19,20). The van der Waals surface area contributed by atoms with Crippen molar-refractivity contribution in [3.8, 4) is 0 Å². The number of aliphatic carboxylic acids is 1. The van der Waals surface area contributed by atoms with Crippen LogP contribution in [0.5, 0.6) is 0 Å². The largest absolute Gasteiger partial charge is 0.479 e. The van der Waals surface area contributed by atoms with Gasteiger partial charge in [-0.25, -0.2) is 4.79 Å². The molecule has 1 amide bonds. The summed E-state index contributed by atoms with van der Waals surface area (Å²) < 4.78 is 1.55. The molecule has 0 radical (unpaired) electrons. The Morgan fingerprint density at radius 1 is 1.35 bits per heavy atom. The van der Waals surface area contributed by atoms with Gasteiger partial charge in [-0.3, -0.25) is 9.48 Å². The smallest absolute Gasteiger partial charge is 0.329 e. The van der Waals surface area contributed by atoms with E-state index < -0.39 is 17.6 Å². The Morgan fingerprint density at radius 3 is 2.50 bits per heavy atom. The minimum absolute atomic E-state index is 0.210. The summed E-state index contributed by atoms with van der Waals surface area (Å²) in [5.74, 6) is -1.11. The molecule has 1 N–H and O–H groups in total. The lowest BCUT2D eigenvalue weighted by Gasteiger charge is -2.41. The van der Waals surface area contributed by atoms with E-state index in [-0.39, 0.29) is 5.91 Å². The number of amides is 1. The predicted molar refractivity (Wildman–Crippen MR) is 73.2 cm³/mol. The zero-order valence-corrected chi connectivity index (χ0v) is 12.0. The Kier molecular flexibility index (Phi) is 4.11. The van der Waals surface area contributed by atoms with Crippen LogP contribution in [0.25, 0.3) is 0 Å². The van der Waals surface area contributed by atoms with E-state index in [0.29, 0.717) is 12.8 Å². The van der Waals surface area contributed by atoms with E-state index in [0.717, 1.165) is 19.3 Å². The molecule has 0 aromatic carbocycles. The molecular formula is C14H21N3O3. The van der Waals surface area contributed by atoms with Crippen LogP contribution in [-0.4, -0.2) is 44.3 Å². The Labute approximate surface area is 118 Å². The molecule has 1 aromatic rings. The Morgan fingerprint density at radius 2 is 2.00 bits per heavy atom. The van der Waals surface area contributed by atoms with E-state index in [2.05, 4.69) is 5.10 Å². The number of hydrogen-bond donors (Lipinski definition) is 1. The van der Waals surface area contributed by atoms with Gasteiger partial charge in [0.15, 0.2) is 0 Å². The van der Waals surface area contributed by atoms with E-state index in [4.69, 9.17) is 0 Å². The van der Waals surface area contributed by atoms with Crippen LogP contribution in [0.4, 0.5) is 0 Å². The van der Waals surface area contributed by atoms with Gasteiger partial charge in [-0.2, -0.15) is 5.10 Å². The first-order valence-electron chi connectivity index (χ1n) is 6.99. The molecule has 20 heavy (non-hydrogen) atoms. The van der Waals surface area contributed by atoms with E-state index in [9.17, 15) is 14.7 Å². The first kappa shape index (κ1) is 14.6. The maximum atomic E-state index is 12.6. The molecule has 1 saturated carbocycles. The molecule has 1 aliphatic carbocycles. The van der Waals surface area contributed by atoms with E-state index in [1.165, 1.54) is 4.90 Å². The lowest BCUT2D eigenvalue weighted by atomic mass is 9.80. The first-order valence-corrected chi connectivity index (χ1v) is 6.99. The molecule has 1 heterocycles. The summed E-state index contributed by atoms with van der Waals surface area (Å²) in [5, 5.41) is 13.7. The van der Waals surface area contributed by atoms with Crippen molar-refractivity contribution in [3.63, 3.8) is 0 Å². The molecule has 0 spiro atoms. The fourth-order valence-electron chi connectivity index (χ4n) is 2.94. The van der Waals surface area contributed by atoms with Gasteiger partial charge in [0.25, 0.3) is 0 Å². The van der Waals surface area contributed by atoms with E-state index in [1.807, 2.05) is 0 Å². The van der Waals surface area contributed by atoms with Crippen molar-refractivity contribution in [2.45, 2.75) is 50.6 Å². The normalized spacial score (nSPS) is 19.3. The van der Waals surface area contributed by atoms with Crippen LogP contribution in [-0.2, 0) is 9.59 Å². The van der Waals surface area contributed by atoms with Gasteiger partial charge >= 0.3 is 5.97 Å². The Hall–Kier alpha value is -1.85. The van der Waals surface area contributed by atoms with Crippen molar-refractivity contribution in [2.24, 2.45) is 0 Å². The van der Waals surface area contributed by atoms with Gasteiger partial charge < -0.3 is 10.0 Å². The van der Waals surface area contributed by atoms with Gasteiger partial charge in [0.1, 0.15) is 11.6 Å². The van der Waals surface area contributed by atoms with E-state index >= 15 is 0 Å². The van der Waals surface area contributed by atoms with Gasteiger partial charge in [0.2, 0.25) is 5.91 Å². The number of likely N-dealkylation sites (N-methyl/N-ethyl adjacent to an activating group) is 1. The Bertz CT molecular complexity index is 478. The quantitative estimate of drug-likeness (QED) is 0.910. The van der Waals surface area contributed by atoms with Crippen LogP contribution in [0.2, 0.25) is 0 Å². The maximum absolute atomic E-state index is 12.6. The van der Waals surface area contributed by atoms with Crippen molar-refractivity contribution in [1.82, 2.24) is 14.7 Å². The summed E-state index contributed by atoms with van der Waals surface area (Å²) >= 11 is 0. The van der Waals surface area contributed by atoms with Crippen molar-refractivity contribution in [2.75, 3.05) is 7.05 Å². The lowest BCUT2D eigenvalue weighted by molar-refractivity contribution is -0.161. The molecule has 6 heteroatoms. The van der Waals surface area contributed by atoms with Crippen molar-refractivity contribution in [1.29, 1.82) is 0 Å². The molecule has 110 valence electrons. The zero-order valence-electron chi connectivity index (χ0n) is 12.0. The molecule has 2 rings (SSSR count). The molecule has 0 aliphatic heterocycles. The topological polar surface area (TPSA) is 75.4 Å². The second kappa shape index (κ2) is 5.64. The van der Waals surface area contributed by atoms with Gasteiger partial charge in [0.05, 0.1) is 0 Å². The highest BCUT2D eigenvalue weighted by molar-refractivity contribution is 5.88. The predicted octanol–water partition coefficient (Wildman–Crippen LogP) is 1.69. The van der Waals surface area contributed by atoms with Crippen LogP contribution in [0.1, 0.15) is 45.1 Å². The third-order valence-electron chi connectivity index (χ3n) is 4.33. The van der Waals surface area contributed by atoms with Gasteiger partial charge in [0, 0.05) is 19.4 Å². The molecule has 6 nitrogen and oxygen atoms in total. The molecular weight excluding hydrogens is 258 g/mol. The molecule has 1 aromatic heterocycles. The number of aromatic nitrogens is 2. The highest BCUT2D eigenvalue weighted by atomic mass is 16.4. The summed E-state index contributed by atoms with van der Waals surface area (Å²) in [4.78, 5) is 25.7. The summed E-state index contributed by atoms with van der Waals surface area (Å²) in [6, 6.07) is 1.25. The summed E-state index contributed by atoms with van der Waals surface area (Å²) in [5.41, 5.74) is -1.06. The number of carbonyl (C=O) groups is 2. The third-order valence-corrected chi connectivity index (χ3v) is 4.33. The molecule has 1 unspecified atom stereocenters. The van der Waals surface area contributed by atoms with Crippen LogP contribution in [0.3, 0.4) is 0 Å². The van der Waals surface area contributed by atoms with Gasteiger partial charge in [-0.15, -0.1) is 0 Å². The van der Waals surface area contributed by atoms with Gasteiger partial charge in [-0.05, 0) is 25.8 Å². The maximum Gasteiger partial charge on any atom is 0.329 e. The lowest BCUT2D eigenvalue weighted by Crippen LogP contribution is -2.57. The second-order valence-corrected chi connectivity index (χ2v) is 5.46. The van der Waals surface area contributed by atoms with Crippen LogP contribution >= 0.6 is 0 Å². The minimum atomic E-state index is -1.06. The number of carboxylic acids is 1. The molecule has 1 atom stereocenters. The second-order valence-electron chi connectivity index (χ2n) is 5.46. The highest BCUT2D eigenvalue weighted by Gasteiger charge is 2.46. The third kappa shape index (κ3) is 2.42. The molecule has 0 saturated heterocycles. The van der Waals surface area contributed by atoms with Crippen molar-refractivity contribution < 1.29 is 14.7 Å². The summed E-state index contributed by atoms with van der Waals surface area (Å²) in [6.07, 6.45) is 7.10. The zero-order chi connectivity index (χ0) is 14.8. The summed E-state index contributed by atoms with van der Waals surface area (Å²) in [6.45, 7) is 1.74. The number of nitrogens with zero attached hydrogens (tertiary/aromatic N) is 3. The van der Waals surface area contributed by atoms with Crippen molar-refractivity contribution >= 4 is 11.9 Å². The average molecular weight is 279 g/mol. The molecule has 1 aliphatic rings. The number of carbonyl (C=O) groups excluding carboxylic acids is 1. The molecule has 1 fully saturated rings. The van der Waals surface area contributed by atoms with Crippen LogP contribution < -0.4 is 0 Å². The highest BCUT2D eigenvalue weighted by Crippen LogP contribution is 2.34. The monoisotopic (exact) mass is 279 g/mol. The van der Waals surface area contributed by atoms with Crippen molar-refractivity contribution in [3.05, 3.63) is 18.5 Å². The Balaban J connectivity index is 2.21. The fraction of sp³-hybridized carbons (Fsp3) is 0.643. The van der Waals surface area contributed by atoms with E-state index in [1.54, 1.807) is 37.1 Å². The van der Waals surface area contributed by atoms with Gasteiger partial charge in [-0.1, -0.05) is 19.3 Å². The fourth-order valence-corrected chi connectivity index (χ4v) is 2.94. The first-order chi connectivity index (χ1) is 9.49. The SMILES string of the molecule is CC(C(=O)N(C)C1(C(=O)O)CCCCC1)n1cccn1. The van der Waals surface area contributed by atoms with Crippen LogP contribution in [0.15, 0.2) is 18.5 Å². The minimum Gasteiger partial charge on any atom is -0.479 e. The van der Waals surface area contributed by atoms with Crippen LogP contribution in [0, 0.1) is 0 Å². The number of carboxylic acid groups (broad SMARTS) is 1. The summed E-state index contributed by atoms with van der Waals surface area (Å²) in [7, 11) is 1.60. The number of hydrogen-bond acceptors (Lipinski definition) is 3.